The zero-order valence-corrected chi connectivity index (χ0v) is 12.5. The molecule has 0 saturated heterocycles. The van der Waals surface area contributed by atoms with Gasteiger partial charge in [0.1, 0.15) is 5.75 Å². The lowest BCUT2D eigenvalue weighted by atomic mass is 10.2. The van der Waals surface area contributed by atoms with Crippen LogP contribution in [0.25, 0.3) is 0 Å². The lowest BCUT2D eigenvalue weighted by Gasteiger charge is -2.12. The molecule has 0 atom stereocenters. The lowest BCUT2D eigenvalue weighted by Crippen LogP contribution is -2.19. The SMILES string of the molecule is Cc1cc(Oc2cc(C)[nH]n2)c(CNCC(C)C)cn1. The summed E-state index contributed by atoms with van der Waals surface area (Å²) in [7, 11) is 0. The van der Waals surface area contributed by atoms with Gasteiger partial charge < -0.3 is 10.1 Å². The fraction of sp³-hybridized carbons (Fsp3) is 0.467. The van der Waals surface area contributed by atoms with Crippen LogP contribution in [-0.4, -0.2) is 21.7 Å². The van der Waals surface area contributed by atoms with E-state index in [0.29, 0.717) is 11.8 Å². The largest absolute Gasteiger partial charge is 0.437 e. The van der Waals surface area contributed by atoms with Crippen molar-refractivity contribution in [1.29, 1.82) is 0 Å². The summed E-state index contributed by atoms with van der Waals surface area (Å²) in [6.07, 6.45) is 1.86. The molecule has 2 N–H and O–H groups in total. The molecule has 0 amide bonds. The van der Waals surface area contributed by atoms with Gasteiger partial charge in [0, 0.05) is 41.8 Å². The zero-order valence-electron chi connectivity index (χ0n) is 12.5. The number of hydrogen-bond acceptors (Lipinski definition) is 4. The second-order valence-corrected chi connectivity index (χ2v) is 5.45. The Morgan fingerprint density at radius 3 is 2.75 bits per heavy atom. The maximum Gasteiger partial charge on any atom is 0.238 e. The molecule has 0 aromatic carbocycles. The number of aromatic amines is 1. The van der Waals surface area contributed by atoms with Gasteiger partial charge in [0.15, 0.2) is 0 Å². The summed E-state index contributed by atoms with van der Waals surface area (Å²) in [4.78, 5) is 4.34. The topological polar surface area (TPSA) is 62.8 Å². The second kappa shape index (κ2) is 6.52. The number of pyridine rings is 1. The van der Waals surface area contributed by atoms with E-state index in [1.807, 2.05) is 32.2 Å². The van der Waals surface area contributed by atoms with Gasteiger partial charge >= 0.3 is 0 Å². The fourth-order valence-electron chi connectivity index (χ4n) is 1.84. The molecule has 0 aliphatic heterocycles. The van der Waals surface area contributed by atoms with E-state index >= 15 is 0 Å². The van der Waals surface area contributed by atoms with Crippen molar-refractivity contribution in [3.8, 4) is 11.6 Å². The number of hydrogen-bond donors (Lipinski definition) is 2. The van der Waals surface area contributed by atoms with Crippen LogP contribution in [0, 0.1) is 19.8 Å². The normalized spacial score (nSPS) is 11.1. The maximum absolute atomic E-state index is 5.85. The Morgan fingerprint density at radius 2 is 2.10 bits per heavy atom. The molecular formula is C15H22N4O. The van der Waals surface area contributed by atoms with Crippen LogP contribution >= 0.6 is 0 Å². The van der Waals surface area contributed by atoms with Crippen LogP contribution in [0.5, 0.6) is 11.6 Å². The van der Waals surface area contributed by atoms with Crippen molar-refractivity contribution < 1.29 is 4.74 Å². The van der Waals surface area contributed by atoms with Gasteiger partial charge in [-0.25, -0.2) is 0 Å². The first-order valence-corrected chi connectivity index (χ1v) is 6.90. The van der Waals surface area contributed by atoms with E-state index in [9.17, 15) is 0 Å². The molecule has 5 nitrogen and oxygen atoms in total. The number of nitrogens with one attached hydrogen (secondary N) is 2. The smallest absolute Gasteiger partial charge is 0.238 e. The van der Waals surface area contributed by atoms with Gasteiger partial charge in [-0.2, -0.15) is 0 Å². The third kappa shape index (κ3) is 4.06. The Labute approximate surface area is 119 Å². The predicted molar refractivity (Wildman–Crippen MR) is 78.9 cm³/mol. The number of H-pyrrole nitrogens is 1. The summed E-state index contributed by atoms with van der Waals surface area (Å²) in [5.41, 5.74) is 2.95. The third-order valence-corrected chi connectivity index (χ3v) is 2.85. The third-order valence-electron chi connectivity index (χ3n) is 2.85. The fourth-order valence-corrected chi connectivity index (χ4v) is 1.84. The molecule has 0 bridgehead atoms. The van der Waals surface area contributed by atoms with Crippen molar-refractivity contribution in [3.63, 3.8) is 0 Å². The Hall–Kier alpha value is -1.88. The number of nitrogens with zero attached hydrogens (tertiary/aromatic N) is 2. The molecule has 2 aromatic heterocycles. The summed E-state index contributed by atoms with van der Waals surface area (Å²) >= 11 is 0. The Bertz CT molecular complexity index is 563. The highest BCUT2D eigenvalue weighted by Gasteiger charge is 2.08. The average molecular weight is 274 g/mol. The second-order valence-electron chi connectivity index (χ2n) is 5.45. The summed E-state index contributed by atoms with van der Waals surface area (Å²) in [5.74, 6) is 2.00. The Kier molecular flexibility index (Phi) is 4.74. The first-order chi connectivity index (χ1) is 9.54. The van der Waals surface area contributed by atoms with Crippen LogP contribution < -0.4 is 10.1 Å². The lowest BCUT2D eigenvalue weighted by molar-refractivity contribution is 0.449. The molecule has 0 aliphatic carbocycles. The molecule has 2 rings (SSSR count). The van der Waals surface area contributed by atoms with Crippen molar-refractivity contribution in [2.75, 3.05) is 6.54 Å². The highest BCUT2D eigenvalue weighted by atomic mass is 16.5. The van der Waals surface area contributed by atoms with E-state index < -0.39 is 0 Å². The Balaban J connectivity index is 2.11. The molecule has 0 fully saturated rings. The van der Waals surface area contributed by atoms with Crippen molar-refractivity contribution in [3.05, 3.63) is 35.3 Å². The highest BCUT2D eigenvalue weighted by molar-refractivity contribution is 5.35. The van der Waals surface area contributed by atoms with Crippen LogP contribution in [-0.2, 0) is 6.54 Å². The minimum absolute atomic E-state index is 0.582. The van der Waals surface area contributed by atoms with Crippen LogP contribution in [0.15, 0.2) is 18.3 Å². The van der Waals surface area contributed by atoms with Gasteiger partial charge in [0.05, 0.1) is 0 Å². The molecule has 2 aromatic rings. The predicted octanol–water partition coefficient (Wildman–Crippen LogP) is 2.96. The summed E-state index contributed by atoms with van der Waals surface area (Å²) in [5, 5.41) is 10.4. The van der Waals surface area contributed by atoms with E-state index in [1.165, 1.54) is 0 Å². The van der Waals surface area contributed by atoms with Crippen LogP contribution in [0.2, 0.25) is 0 Å². The first-order valence-electron chi connectivity index (χ1n) is 6.90. The highest BCUT2D eigenvalue weighted by Crippen LogP contribution is 2.24. The number of rotatable bonds is 6. The van der Waals surface area contributed by atoms with Crippen molar-refractivity contribution >= 4 is 0 Å². The maximum atomic E-state index is 5.85. The van der Waals surface area contributed by atoms with E-state index in [0.717, 1.165) is 35.8 Å². The summed E-state index contributed by atoms with van der Waals surface area (Å²) < 4.78 is 5.85. The minimum atomic E-state index is 0.582. The van der Waals surface area contributed by atoms with Gasteiger partial charge in [-0.15, -0.1) is 5.10 Å². The monoisotopic (exact) mass is 274 g/mol. The standard InChI is InChI=1S/C15H22N4O/c1-10(2)7-16-8-13-9-17-11(3)5-14(13)20-15-6-12(4)18-19-15/h5-6,9-10,16H,7-8H2,1-4H3,(H,18,19). The van der Waals surface area contributed by atoms with E-state index in [4.69, 9.17) is 4.74 Å². The van der Waals surface area contributed by atoms with E-state index in [-0.39, 0.29) is 0 Å². The van der Waals surface area contributed by atoms with Crippen molar-refractivity contribution in [1.82, 2.24) is 20.5 Å². The average Bonchev–Trinajstić information content (AvgIpc) is 2.77. The van der Waals surface area contributed by atoms with E-state index in [1.54, 1.807) is 0 Å². The van der Waals surface area contributed by atoms with Gasteiger partial charge in [-0.05, 0) is 26.3 Å². The Morgan fingerprint density at radius 1 is 1.30 bits per heavy atom. The van der Waals surface area contributed by atoms with Crippen LogP contribution in [0.1, 0.15) is 30.8 Å². The van der Waals surface area contributed by atoms with Crippen LogP contribution in [0.3, 0.4) is 0 Å². The molecule has 20 heavy (non-hydrogen) atoms. The molecule has 0 spiro atoms. The molecule has 108 valence electrons. The molecule has 0 aliphatic rings. The molecule has 2 heterocycles. The summed E-state index contributed by atoms with van der Waals surface area (Å²) in [6, 6.07) is 3.82. The molecule has 0 unspecified atom stereocenters. The molecule has 5 heteroatoms. The van der Waals surface area contributed by atoms with E-state index in [2.05, 4.69) is 34.3 Å². The zero-order chi connectivity index (χ0) is 14.5. The van der Waals surface area contributed by atoms with Gasteiger partial charge in [-0.3, -0.25) is 10.1 Å². The van der Waals surface area contributed by atoms with Crippen molar-refractivity contribution in [2.45, 2.75) is 34.2 Å². The van der Waals surface area contributed by atoms with Crippen LogP contribution in [0.4, 0.5) is 0 Å². The quantitative estimate of drug-likeness (QED) is 0.850. The van der Waals surface area contributed by atoms with Gasteiger partial charge in [0.25, 0.3) is 0 Å². The van der Waals surface area contributed by atoms with Gasteiger partial charge in [0.2, 0.25) is 5.88 Å². The number of ether oxygens (including phenoxy) is 1. The van der Waals surface area contributed by atoms with Gasteiger partial charge in [-0.1, -0.05) is 13.8 Å². The molecule has 0 saturated carbocycles. The molecule has 0 radical (unpaired) electrons. The van der Waals surface area contributed by atoms with Crippen molar-refractivity contribution in [2.24, 2.45) is 5.92 Å². The first kappa shape index (κ1) is 14.5. The number of aromatic nitrogens is 3. The summed E-state index contributed by atoms with van der Waals surface area (Å²) in [6.45, 7) is 9.98. The number of aryl methyl sites for hydroxylation is 2. The minimum Gasteiger partial charge on any atom is -0.437 e. The molecular weight excluding hydrogens is 252 g/mol.